The lowest BCUT2D eigenvalue weighted by atomic mass is 10.0. The molecule has 1 aliphatic rings. The number of carbonyl (C=O) groups excluding carboxylic acids is 1. The van der Waals surface area contributed by atoms with E-state index in [4.69, 9.17) is 4.52 Å². The van der Waals surface area contributed by atoms with Crippen LogP contribution in [0.3, 0.4) is 0 Å². The fourth-order valence-electron chi connectivity index (χ4n) is 2.74. The van der Waals surface area contributed by atoms with Crippen LogP contribution in [0.25, 0.3) is 0 Å². The third-order valence-electron chi connectivity index (χ3n) is 4.05. The second kappa shape index (κ2) is 7.37. The molecule has 1 aliphatic heterocycles. The fourth-order valence-corrected chi connectivity index (χ4v) is 2.74. The van der Waals surface area contributed by atoms with Crippen LogP contribution in [-0.4, -0.2) is 28.6 Å². The lowest BCUT2D eigenvalue weighted by molar-refractivity contribution is -0.124. The smallest absolute Gasteiger partial charge is 0.237 e. The summed E-state index contributed by atoms with van der Waals surface area (Å²) in [5.41, 5.74) is 1.12. The molecule has 1 aromatic heterocycles. The first-order chi connectivity index (χ1) is 11.2. The SMILES string of the molecule is CC(NC(=O)[C@H]1CCCCN1)c1noc(Cc2ccccc2)n1. The predicted molar refractivity (Wildman–Crippen MR) is 85.7 cm³/mol. The maximum Gasteiger partial charge on any atom is 0.237 e. The Hall–Kier alpha value is -2.21. The summed E-state index contributed by atoms with van der Waals surface area (Å²) in [6.45, 7) is 2.77. The molecule has 2 N–H and O–H groups in total. The molecular formula is C17H22N4O2. The minimum atomic E-state index is -0.264. The highest BCUT2D eigenvalue weighted by molar-refractivity contribution is 5.82. The van der Waals surface area contributed by atoms with E-state index < -0.39 is 0 Å². The van der Waals surface area contributed by atoms with E-state index in [1.807, 2.05) is 37.3 Å². The van der Waals surface area contributed by atoms with E-state index in [1.54, 1.807) is 0 Å². The van der Waals surface area contributed by atoms with Crippen molar-refractivity contribution in [2.75, 3.05) is 6.54 Å². The van der Waals surface area contributed by atoms with Crippen LogP contribution in [0.15, 0.2) is 34.9 Å². The van der Waals surface area contributed by atoms with E-state index in [-0.39, 0.29) is 18.0 Å². The molecular weight excluding hydrogens is 292 g/mol. The van der Waals surface area contributed by atoms with Gasteiger partial charge in [-0.05, 0) is 31.9 Å². The van der Waals surface area contributed by atoms with E-state index in [0.717, 1.165) is 31.4 Å². The van der Waals surface area contributed by atoms with Crippen LogP contribution in [0.5, 0.6) is 0 Å². The molecule has 2 aromatic rings. The first-order valence-corrected chi connectivity index (χ1v) is 8.12. The van der Waals surface area contributed by atoms with Crippen LogP contribution >= 0.6 is 0 Å². The molecule has 0 bridgehead atoms. The molecule has 2 heterocycles. The quantitative estimate of drug-likeness (QED) is 0.882. The minimum absolute atomic E-state index is 0.00612. The van der Waals surface area contributed by atoms with Crippen LogP contribution in [0.1, 0.15) is 49.5 Å². The molecule has 1 fully saturated rings. The van der Waals surface area contributed by atoms with Gasteiger partial charge in [-0.15, -0.1) is 0 Å². The summed E-state index contributed by atoms with van der Waals surface area (Å²) >= 11 is 0. The van der Waals surface area contributed by atoms with Crippen molar-refractivity contribution in [1.29, 1.82) is 0 Å². The van der Waals surface area contributed by atoms with E-state index in [9.17, 15) is 4.79 Å². The van der Waals surface area contributed by atoms with Gasteiger partial charge in [-0.2, -0.15) is 4.98 Å². The molecule has 1 aromatic carbocycles. The zero-order valence-electron chi connectivity index (χ0n) is 13.3. The van der Waals surface area contributed by atoms with Crippen molar-refractivity contribution in [3.8, 4) is 0 Å². The van der Waals surface area contributed by atoms with Crippen LogP contribution in [0, 0.1) is 0 Å². The molecule has 0 radical (unpaired) electrons. The molecule has 0 aliphatic carbocycles. The Bertz CT molecular complexity index is 635. The summed E-state index contributed by atoms with van der Waals surface area (Å²) in [5, 5.41) is 10.2. The standard InChI is InChI=1S/C17H22N4O2/c1-12(19-17(22)14-9-5-6-10-18-14)16-20-15(23-21-16)11-13-7-3-2-4-8-13/h2-4,7-8,12,14,18H,5-6,9-11H2,1H3,(H,19,22)/t12?,14-/m1/s1. The maximum atomic E-state index is 12.2. The fraction of sp³-hybridized carbons (Fsp3) is 0.471. The number of benzene rings is 1. The molecule has 3 rings (SSSR count). The molecule has 23 heavy (non-hydrogen) atoms. The summed E-state index contributed by atoms with van der Waals surface area (Å²) < 4.78 is 5.29. The third kappa shape index (κ3) is 4.16. The highest BCUT2D eigenvalue weighted by atomic mass is 16.5. The van der Waals surface area contributed by atoms with Crippen molar-refractivity contribution < 1.29 is 9.32 Å². The Morgan fingerprint density at radius 2 is 2.22 bits per heavy atom. The Morgan fingerprint density at radius 1 is 1.39 bits per heavy atom. The number of amides is 1. The van der Waals surface area contributed by atoms with Gasteiger partial charge in [-0.1, -0.05) is 41.9 Å². The zero-order valence-corrected chi connectivity index (χ0v) is 13.3. The second-order valence-electron chi connectivity index (χ2n) is 5.94. The van der Waals surface area contributed by atoms with Crippen molar-refractivity contribution >= 4 is 5.91 Å². The number of carbonyl (C=O) groups is 1. The zero-order chi connectivity index (χ0) is 16.1. The summed E-state index contributed by atoms with van der Waals surface area (Å²) in [6.07, 6.45) is 3.69. The largest absolute Gasteiger partial charge is 0.345 e. The highest BCUT2D eigenvalue weighted by Crippen LogP contribution is 2.13. The number of hydrogen-bond donors (Lipinski definition) is 2. The van der Waals surface area contributed by atoms with E-state index in [1.165, 1.54) is 0 Å². The van der Waals surface area contributed by atoms with Crippen LogP contribution < -0.4 is 10.6 Å². The first-order valence-electron chi connectivity index (χ1n) is 8.12. The lowest BCUT2D eigenvalue weighted by Gasteiger charge is -2.23. The van der Waals surface area contributed by atoms with Gasteiger partial charge < -0.3 is 15.2 Å². The van der Waals surface area contributed by atoms with Crippen LogP contribution in [-0.2, 0) is 11.2 Å². The average Bonchev–Trinajstić information content (AvgIpc) is 3.05. The van der Waals surface area contributed by atoms with Gasteiger partial charge in [-0.25, -0.2) is 0 Å². The Labute approximate surface area is 135 Å². The lowest BCUT2D eigenvalue weighted by Crippen LogP contribution is -2.47. The van der Waals surface area contributed by atoms with E-state index in [2.05, 4.69) is 20.8 Å². The van der Waals surface area contributed by atoms with Crippen molar-refractivity contribution in [3.05, 3.63) is 47.6 Å². The van der Waals surface area contributed by atoms with Crippen LogP contribution in [0.4, 0.5) is 0 Å². The monoisotopic (exact) mass is 314 g/mol. The van der Waals surface area contributed by atoms with Crippen molar-refractivity contribution in [3.63, 3.8) is 0 Å². The molecule has 2 atom stereocenters. The number of piperidine rings is 1. The summed E-state index contributed by atoms with van der Waals surface area (Å²) in [4.78, 5) is 16.6. The van der Waals surface area contributed by atoms with Gasteiger partial charge in [0.2, 0.25) is 11.8 Å². The summed E-state index contributed by atoms with van der Waals surface area (Å²) in [7, 11) is 0. The second-order valence-corrected chi connectivity index (χ2v) is 5.94. The topological polar surface area (TPSA) is 80.0 Å². The summed E-state index contributed by atoms with van der Waals surface area (Å²) in [5.74, 6) is 1.08. The molecule has 0 spiro atoms. The molecule has 1 amide bonds. The Morgan fingerprint density at radius 3 is 2.96 bits per heavy atom. The van der Waals surface area contributed by atoms with Crippen LogP contribution in [0.2, 0.25) is 0 Å². The normalized spacial score (nSPS) is 19.3. The van der Waals surface area contributed by atoms with Gasteiger partial charge in [0.25, 0.3) is 0 Å². The van der Waals surface area contributed by atoms with Crippen molar-refractivity contribution in [2.24, 2.45) is 0 Å². The number of rotatable bonds is 5. The molecule has 1 unspecified atom stereocenters. The van der Waals surface area contributed by atoms with E-state index >= 15 is 0 Å². The van der Waals surface area contributed by atoms with Gasteiger partial charge in [0.1, 0.15) is 0 Å². The maximum absolute atomic E-state index is 12.2. The highest BCUT2D eigenvalue weighted by Gasteiger charge is 2.23. The third-order valence-corrected chi connectivity index (χ3v) is 4.05. The molecule has 0 saturated carbocycles. The number of nitrogens with zero attached hydrogens (tertiary/aromatic N) is 2. The Kier molecular flexibility index (Phi) is 5.02. The molecule has 6 nitrogen and oxygen atoms in total. The van der Waals surface area contributed by atoms with Gasteiger partial charge in [-0.3, -0.25) is 4.79 Å². The van der Waals surface area contributed by atoms with Gasteiger partial charge >= 0.3 is 0 Å². The van der Waals surface area contributed by atoms with Gasteiger partial charge in [0.15, 0.2) is 5.82 Å². The number of aromatic nitrogens is 2. The molecule has 6 heteroatoms. The molecule has 1 saturated heterocycles. The van der Waals surface area contributed by atoms with E-state index in [0.29, 0.717) is 18.1 Å². The molecule has 122 valence electrons. The van der Waals surface area contributed by atoms with Gasteiger partial charge in [0, 0.05) is 0 Å². The number of nitrogens with one attached hydrogen (secondary N) is 2. The van der Waals surface area contributed by atoms with Gasteiger partial charge in [0.05, 0.1) is 18.5 Å². The predicted octanol–water partition coefficient (Wildman–Crippen LogP) is 1.98. The summed E-state index contributed by atoms with van der Waals surface area (Å²) in [6, 6.07) is 9.59. The van der Waals surface area contributed by atoms with Crippen molar-refractivity contribution in [2.45, 2.75) is 44.7 Å². The Balaban J connectivity index is 1.57. The minimum Gasteiger partial charge on any atom is -0.345 e. The van der Waals surface area contributed by atoms with Crippen molar-refractivity contribution in [1.82, 2.24) is 20.8 Å². The average molecular weight is 314 g/mol. The number of hydrogen-bond acceptors (Lipinski definition) is 5. The first kappa shape index (κ1) is 15.7.